The fourth-order valence-corrected chi connectivity index (χ4v) is 1.77. The standard InChI is InChI=1S/C15H22O2/c1-15(2,3)13(11-16-4)14(17-5)12-9-7-6-8-10-12/h6-10H,11H2,1-5H3. The Kier molecular flexibility index (Phi) is 4.76. The van der Waals surface area contributed by atoms with E-state index in [0.717, 1.165) is 11.3 Å². The van der Waals surface area contributed by atoms with Crippen LogP contribution >= 0.6 is 0 Å². The monoisotopic (exact) mass is 234 g/mol. The summed E-state index contributed by atoms with van der Waals surface area (Å²) in [5.74, 6) is 0.917. The highest BCUT2D eigenvalue weighted by Crippen LogP contribution is 2.32. The Bertz CT molecular complexity index is 372. The Labute approximate surface area is 104 Å². The van der Waals surface area contributed by atoms with Crippen LogP contribution in [0.1, 0.15) is 26.3 Å². The van der Waals surface area contributed by atoms with Gasteiger partial charge in [-0.15, -0.1) is 0 Å². The summed E-state index contributed by atoms with van der Waals surface area (Å²) in [6.45, 7) is 7.09. The number of ether oxygens (including phenoxy) is 2. The molecule has 0 heterocycles. The van der Waals surface area contributed by atoms with Crippen molar-refractivity contribution in [1.29, 1.82) is 0 Å². The quantitative estimate of drug-likeness (QED) is 0.739. The Balaban J connectivity index is 3.27. The highest BCUT2D eigenvalue weighted by atomic mass is 16.5. The molecule has 0 radical (unpaired) electrons. The second kappa shape index (κ2) is 5.87. The molecule has 0 atom stereocenters. The zero-order valence-corrected chi connectivity index (χ0v) is 11.4. The maximum atomic E-state index is 5.58. The Morgan fingerprint density at radius 3 is 2.06 bits per heavy atom. The molecular formula is C15H22O2. The van der Waals surface area contributed by atoms with Crippen molar-refractivity contribution in [3.8, 4) is 0 Å². The first-order valence-corrected chi connectivity index (χ1v) is 5.82. The molecule has 0 aromatic heterocycles. The van der Waals surface area contributed by atoms with Crippen molar-refractivity contribution >= 4 is 5.76 Å². The summed E-state index contributed by atoms with van der Waals surface area (Å²) in [5.41, 5.74) is 2.29. The SMILES string of the molecule is COCC(=C(OC)c1ccccc1)C(C)(C)C. The van der Waals surface area contributed by atoms with Gasteiger partial charge in [0.1, 0.15) is 5.76 Å². The molecule has 0 N–H and O–H groups in total. The third-order valence-electron chi connectivity index (χ3n) is 2.71. The fourth-order valence-electron chi connectivity index (χ4n) is 1.77. The molecule has 0 saturated carbocycles. The van der Waals surface area contributed by atoms with Gasteiger partial charge in [-0.1, -0.05) is 51.1 Å². The molecule has 0 saturated heterocycles. The van der Waals surface area contributed by atoms with Crippen LogP contribution in [0.3, 0.4) is 0 Å². The second-order valence-electron chi connectivity index (χ2n) is 5.06. The lowest BCUT2D eigenvalue weighted by Gasteiger charge is -2.25. The molecule has 0 fully saturated rings. The maximum absolute atomic E-state index is 5.58. The minimum Gasteiger partial charge on any atom is -0.496 e. The molecule has 1 aromatic rings. The van der Waals surface area contributed by atoms with Crippen LogP contribution in [0.2, 0.25) is 0 Å². The van der Waals surface area contributed by atoms with E-state index < -0.39 is 0 Å². The normalized spacial score (nSPS) is 13.2. The first kappa shape index (κ1) is 13.8. The zero-order valence-electron chi connectivity index (χ0n) is 11.4. The highest BCUT2D eigenvalue weighted by Gasteiger charge is 2.22. The van der Waals surface area contributed by atoms with Crippen LogP contribution < -0.4 is 0 Å². The summed E-state index contributed by atoms with van der Waals surface area (Å²) in [6, 6.07) is 10.1. The van der Waals surface area contributed by atoms with Crippen LogP contribution in [0.4, 0.5) is 0 Å². The van der Waals surface area contributed by atoms with E-state index in [9.17, 15) is 0 Å². The summed E-state index contributed by atoms with van der Waals surface area (Å²) < 4.78 is 10.9. The molecule has 2 nitrogen and oxygen atoms in total. The van der Waals surface area contributed by atoms with Crippen molar-refractivity contribution in [3.63, 3.8) is 0 Å². The minimum atomic E-state index is 0.0250. The summed E-state index contributed by atoms with van der Waals surface area (Å²) in [4.78, 5) is 0. The van der Waals surface area contributed by atoms with E-state index in [-0.39, 0.29) is 5.41 Å². The van der Waals surface area contributed by atoms with Crippen LogP contribution in [-0.4, -0.2) is 20.8 Å². The van der Waals surface area contributed by atoms with Crippen LogP contribution in [0, 0.1) is 5.41 Å². The van der Waals surface area contributed by atoms with Gasteiger partial charge in [0.2, 0.25) is 0 Å². The molecule has 0 bridgehead atoms. The lowest BCUT2D eigenvalue weighted by atomic mass is 9.84. The number of methoxy groups -OCH3 is 2. The summed E-state index contributed by atoms with van der Waals surface area (Å²) >= 11 is 0. The number of hydrogen-bond donors (Lipinski definition) is 0. The third-order valence-corrected chi connectivity index (χ3v) is 2.71. The van der Waals surface area contributed by atoms with Gasteiger partial charge in [0.25, 0.3) is 0 Å². The van der Waals surface area contributed by atoms with Crippen LogP contribution in [0.15, 0.2) is 35.9 Å². The average Bonchev–Trinajstić information content (AvgIpc) is 2.29. The molecule has 0 aliphatic carbocycles. The molecular weight excluding hydrogens is 212 g/mol. The number of hydrogen-bond acceptors (Lipinski definition) is 2. The van der Waals surface area contributed by atoms with E-state index in [0.29, 0.717) is 6.61 Å². The summed E-state index contributed by atoms with van der Waals surface area (Å²) in [7, 11) is 3.42. The van der Waals surface area contributed by atoms with E-state index in [4.69, 9.17) is 9.47 Å². The molecule has 0 unspecified atom stereocenters. The largest absolute Gasteiger partial charge is 0.496 e. The van der Waals surface area contributed by atoms with Crippen molar-refractivity contribution in [3.05, 3.63) is 41.5 Å². The smallest absolute Gasteiger partial charge is 0.128 e. The van der Waals surface area contributed by atoms with Crippen LogP contribution in [0.5, 0.6) is 0 Å². The van der Waals surface area contributed by atoms with E-state index >= 15 is 0 Å². The molecule has 0 amide bonds. The first-order valence-electron chi connectivity index (χ1n) is 5.82. The Hall–Kier alpha value is -1.28. The third kappa shape index (κ3) is 3.60. The Morgan fingerprint density at radius 2 is 1.65 bits per heavy atom. The van der Waals surface area contributed by atoms with Gasteiger partial charge in [-0.05, 0) is 5.41 Å². The summed E-state index contributed by atoms with van der Waals surface area (Å²) in [5, 5.41) is 0. The zero-order chi connectivity index (χ0) is 12.9. The van der Waals surface area contributed by atoms with Crippen molar-refractivity contribution in [2.24, 2.45) is 5.41 Å². The Morgan fingerprint density at radius 1 is 1.06 bits per heavy atom. The average molecular weight is 234 g/mol. The molecule has 17 heavy (non-hydrogen) atoms. The lowest BCUT2D eigenvalue weighted by molar-refractivity contribution is 0.203. The van der Waals surface area contributed by atoms with Gasteiger partial charge in [0, 0.05) is 18.2 Å². The summed E-state index contributed by atoms with van der Waals surface area (Å²) in [6.07, 6.45) is 0. The van der Waals surface area contributed by atoms with Crippen LogP contribution in [-0.2, 0) is 9.47 Å². The molecule has 1 aromatic carbocycles. The second-order valence-corrected chi connectivity index (χ2v) is 5.06. The van der Waals surface area contributed by atoms with Crippen molar-refractivity contribution < 1.29 is 9.47 Å². The molecule has 0 spiro atoms. The predicted octanol–water partition coefficient (Wildman–Crippen LogP) is 3.74. The predicted molar refractivity (Wildman–Crippen MR) is 71.7 cm³/mol. The minimum absolute atomic E-state index is 0.0250. The van der Waals surface area contributed by atoms with Crippen LogP contribution in [0.25, 0.3) is 5.76 Å². The molecule has 0 aliphatic heterocycles. The highest BCUT2D eigenvalue weighted by molar-refractivity contribution is 5.64. The van der Waals surface area contributed by atoms with E-state index in [1.54, 1.807) is 14.2 Å². The van der Waals surface area contributed by atoms with E-state index in [1.807, 2.05) is 18.2 Å². The van der Waals surface area contributed by atoms with Gasteiger partial charge in [-0.25, -0.2) is 0 Å². The van der Waals surface area contributed by atoms with Gasteiger partial charge in [-0.2, -0.15) is 0 Å². The number of rotatable bonds is 4. The fraction of sp³-hybridized carbons (Fsp3) is 0.467. The van der Waals surface area contributed by atoms with E-state index in [1.165, 1.54) is 5.57 Å². The van der Waals surface area contributed by atoms with Gasteiger partial charge >= 0.3 is 0 Å². The maximum Gasteiger partial charge on any atom is 0.128 e. The van der Waals surface area contributed by atoms with Crippen molar-refractivity contribution in [1.82, 2.24) is 0 Å². The van der Waals surface area contributed by atoms with Gasteiger partial charge in [0.15, 0.2) is 0 Å². The first-order chi connectivity index (χ1) is 8.00. The van der Waals surface area contributed by atoms with Gasteiger partial charge < -0.3 is 9.47 Å². The topological polar surface area (TPSA) is 18.5 Å². The molecule has 2 heteroatoms. The van der Waals surface area contributed by atoms with E-state index in [2.05, 4.69) is 32.9 Å². The molecule has 94 valence electrons. The number of benzene rings is 1. The molecule has 0 aliphatic rings. The lowest BCUT2D eigenvalue weighted by Crippen LogP contribution is -2.17. The van der Waals surface area contributed by atoms with Gasteiger partial charge in [-0.3, -0.25) is 0 Å². The molecule has 1 rings (SSSR count). The van der Waals surface area contributed by atoms with Crippen molar-refractivity contribution in [2.45, 2.75) is 20.8 Å². The van der Waals surface area contributed by atoms with Crippen molar-refractivity contribution in [2.75, 3.05) is 20.8 Å². The van der Waals surface area contributed by atoms with Gasteiger partial charge in [0.05, 0.1) is 13.7 Å².